The van der Waals surface area contributed by atoms with Crippen molar-refractivity contribution in [1.29, 1.82) is 0 Å². The fourth-order valence-electron chi connectivity index (χ4n) is 5.10. The van der Waals surface area contributed by atoms with Crippen LogP contribution in [0.4, 0.5) is 0 Å². The Morgan fingerprint density at radius 1 is 0.639 bits per heavy atom. The fraction of sp³-hybridized carbons (Fsp3) is 0.968. The zero-order valence-corrected chi connectivity index (χ0v) is 24.7. The number of quaternary nitrogens is 1. The summed E-state index contributed by atoms with van der Waals surface area (Å²) in [4.78, 5) is 26.7. The Bertz CT molecular complexity index is 474. The molecule has 0 atom stereocenters. The van der Waals surface area contributed by atoms with Crippen LogP contribution < -0.4 is 0 Å². The van der Waals surface area contributed by atoms with E-state index in [1.807, 2.05) is 11.9 Å². The van der Waals surface area contributed by atoms with E-state index < -0.39 is 0 Å². The Hall–Kier alpha value is -0.650. The number of unbranched alkanes of at least 4 members (excludes halogenated alkanes) is 18. The van der Waals surface area contributed by atoms with E-state index in [2.05, 4.69) is 13.8 Å². The standard InChI is InChI=1S/C31H63N2O3/c1-4-6-8-10-12-14-16-18-20-22-29-35-33(3,28-27-32-26-24-25-31(32)34)36-30-23-21-19-17-15-13-11-9-7-5-2/h4-30H2,1-3H3/q+1. The maximum absolute atomic E-state index is 12.0. The molecule has 0 radical (unpaired) electrons. The fourth-order valence-corrected chi connectivity index (χ4v) is 5.10. The molecule has 0 spiro atoms. The van der Waals surface area contributed by atoms with Gasteiger partial charge in [0.1, 0.15) is 20.3 Å². The molecule has 1 amide bonds. The van der Waals surface area contributed by atoms with Crippen molar-refractivity contribution in [3.63, 3.8) is 0 Å². The van der Waals surface area contributed by atoms with Crippen molar-refractivity contribution in [2.24, 2.45) is 0 Å². The number of likely N-dealkylation sites (tertiary alicyclic amines) is 1. The molecular formula is C31H63N2O3+. The third-order valence-corrected chi connectivity index (χ3v) is 7.67. The molecule has 5 nitrogen and oxygen atoms in total. The molecule has 0 N–H and O–H groups in total. The molecular weight excluding hydrogens is 448 g/mol. The van der Waals surface area contributed by atoms with Gasteiger partial charge in [-0.15, -0.1) is 0 Å². The first-order chi connectivity index (χ1) is 17.6. The van der Waals surface area contributed by atoms with Gasteiger partial charge in [-0.2, -0.15) is 9.68 Å². The normalized spacial score (nSPS) is 14.3. The maximum Gasteiger partial charge on any atom is 0.222 e. The highest BCUT2D eigenvalue weighted by molar-refractivity contribution is 5.77. The lowest BCUT2D eigenvalue weighted by molar-refractivity contribution is -1.23. The average molecular weight is 512 g/mol. The van der Waals surface area contributed by atoms with Gasteiger partial charge >= 0.3 is 0 Å². The summed E-state index contributed by atoms with van der Waals surface area (Å²) >= 11 is 0. The summed E-state index contributed by atoms with van der Waals surface area (Å²) in [5.41, 5.74) is 0. The topological polar surface area (TPSA) is 38.8 Å². The quantitative estimate of drug-likeness (QED) is 0.0628. The number of carbonyl (C=O) groups excluding carboxylic acids is 1. The van der Waals surface area contributed by atoms with Gasteiger partial charge in [0.2, 0.25) is 5.91 Å². The summed E-state index contributed by atoms with van der Waals surface area (Å²) in [7, 11) is 2.03. The van der Waals surface area contributed by atoms with Crippen molar-refractivity contribution >= 4 is 5.91 Å². The van der Waals surface area contributed by atoms with Crippen molar-refractivity contribution in [2.75, 3.05) is 39.9 Å². The molecule has 0 aliphatic carbocycles. The summed E-state index contributed by atoms with van der Waals surface area (Å²) < 4.78 is 0. The van der Waals surface area contributed by atoms with Gasteiger partial charge in [-0.3, -0.25) is 4.79 Å². The van der Waals surface area contributed by atoms with Gasteiger partial charge in [0, 0.05) is 13.0 Å². The lowest BCUT2D eigenvalue weighted by Gasteiger charge is -2.30. The predicted molar refractivity (Wildman–Crippen MR) is 152 cm³/mol. The van der Waals surface area contributed by atoms with E-state index in [1.165, 1.54) is 116 Å². The van der Waals surface area contributed by atoms with Crippen LogP contribution in [0, 0.1) is 0 Å². The van der Waals surface area contributed by atoms with Crippen LogP contribution in [0.15, 0.2) is 0 Å². The van der Waals surface area contributed by atoms with Crippen LogP contribution in [0.2, 0.25) is 0 Å². The highest BCUT2D eigenvalue weighted by Gasteiger charge is 2.29. The zero-order valence-electron chi connectivity index (χ0n) is 24.7. The summed E-state index contributed by atoms with van der Waals surface area (Å²) in [6, 6.07) is 0. The maximum atomic E-state index is 12.0. The van der Waals surface area contributed by atoms with Crippen LogP contribution in [-0.4, -0.2) is 55.5 Å². The van der Waals surface area contributed by atoms with Gasteiger partial charge in [0.25, 0.3) is 0 Å². The lowest BCUT2D eigenvalue weighted by atomic mass is 10.1. The summed E-state index contributed by atoms with van der Waals surface area (Å²) in [5, 5.41) is 0. The van der Waals surface area contributed by atoms with Gasteiger partial charge in [0.05, 0.1) is 6.54 Å². The minimum Gasteiger partial charge on any atom is -0.337 e. The van der Waals surface area contributed by atoms with Crippen molar-refractivity contribution in [3.8, 4) is 0 Å². The summed E-state index contributed by atoms with van der Waals surface area (Å²) in [6.07, 6.45) is 28.3. The van der Waals surface area contributed by atoms with E-state index in [-0.39, 0.29) is 10.7 Å². The van der Waals surface area contributed by atoms with Crippen LogP contribution in [-0.2, 0) is 14.5 Å². The molecule has 1 heterocycles. The van der Waals surface area contributed by atoms with E-state index in [4.69, 9.17) is 9.68 Å². The third kappa shape index (κ3) is 18.6. The second-order valence-electron chi connectivity index (χ2n) is 11.3. The third-order valence-electron chi connectivity index (χ3n) is 7.67. The molecule has 5 heteroatoms. The van der Waals surface area contributed by atoms with Crippen molar-refractivity contribution < 1.29 is 19.3 Å². The zero-order chi connectivity index (χ0) is 26.2. The molecule has 0 aromatic carbocycles. The van der Waals surface area contributed by atoms with E-state index in [0.29, 0.717) is 13.0 Å². The van der Waals surface area contributed by atoms with E-state index >= 15 is 0 Å². The Morgan fingerprint density at radius 3 is 1.39 bits per heavy atom. The van der Waals surface area contributed by atoms with E-state index in [9.17, 15) is 4.79 Å². The second-order valence-corrected chi connectivity index (χ2v) is 11.3. The molecule has 0 aromatic heterocycles. The number of likely N-dealkylation sites (N-methyl/N-ethyl adjacent to an activating group) is 1. The van der Waals surface area contributed by atoms with Gasteiger partial charge < -0.3 is 4.90 Å². The van der Waals surface area contributed by atoms with Crippen LogP contribution >= 0.6 is 0 Å². The first-order valence-corrected chi connectivity index (χ1v) is 16.0. The number of hydrogen-bond donors (Lipinski definition) is 0. The Kier molecular flexibility index (Phi) is 21.8. The van der Waals surface area contributed by atoms with Crippen LogP contribution in [0.25, 0.3) is 0 Å². The van der Waals surface area contributed by atoms with Crippen molar-refractivity contribution in [3.05, 3.63) is 0 Å². The lowest BCUT2D eigenvalue weighted by Crippen LogP contribution is -2.49. The molecule has 1 rings (SSSR count). The van der Waals surface area contributed by atoms with Gasteiger partial charge in [-0.25, -0.2) is 0 Å². The van der Waals surface area contributed by atoms with Gasteiger partial charge in [-0.1, -0.05) is 129 Å². The molecule has 214 valence electrons. The minimum absolute atomic E-state index is 0.179. The van der Waals surface area contributed by atoms with E-state index in [0.717, 1.165) is 45.6 Å². The average Bonchev–Trinajstić information content (AvgIpc) is 3.29. The van der Waals surface area contributed by atoms with Crippen LogP contribution in [0.3, 0.4) is 0 Å². The second kappa shape index (κ2) is 23.5. The summed E-state index contributed by atoms with van der Waals surface area (Å²) in [5.74, 6) is 0.283. The van der Waals surface area contributed by atoms with Crippen molar-refractivity contribution in [1.82, 2.24) is 4.90 Å². The smallest absolute Gasteiger partial charge is 0.222 e. The molecule has 1 aliphatic heterocycles. The molecule has 36 heavy (non-hydrogen) atoms. The molecule has 1 saturated heterocycles. The van der Waals surface area contributed by atoms with Gasteiger partial charge in [-0.05, 0) is 24.1 Å². The number of amides is 1. The van der Waals surface area contributed by atoms with Crippen LogP contribution in [0.5, 0.6) is 0 Å². The molecule has 0 unspecified atom stereocenters. The number of rotatable bonds is 27. The van der Waals surface area contributed by atoms with Crippen LogP contribution in [0.1, 0.15) is 155 Å². The first kappa shape index (κ1) is 33.4. The highest BCUT2D eigenvalue weighted by atomic mass is 17.0. The number of hydroxylamine groups is 4. The monoisotopic (exact) mass is 511 g/mol. The van der Waals surface area contributed by atoms with Crippen molar-refractivity contribution in [2.45, 2.75) is 155 Å². The molecule has 1 aliphatic rings. The predicted octanol–water partition coefficient (Wildman–Crippen LogP) is 8.76. The molecule has 0 aromatic rings. The number of nitrogens with zero attached hydrogens (tertiary/aromatic N) is 2. The number of carbonyl (C=O) groups is 1. The largest absolute Gasteiger partial charge is 0.337 e. The van der Waals surface area contributed by atoms with E-state index in [1.54, 1.807) is 0 Å². The Labute approximate surface area is 225 Å². The SMILES string of the molecule is CCCCCCCCCCCCO[N+](C)(CCN1CCCC1=O)OCCCCCCCCCCCC. The molecule has 1 fully saturated rings. The summed E-state index contributed by atoms with van der Waals surface area (Å²) in [6.45, 7) is 8.35. The minimum atomic E-state index is 0.179. The van der Waals surface area contributed by atoms with Gasteiger partial charge in [0.15, 0.2) is 6.54 Å². The number of hydrogen-bond acceptors (Lipinski definition) is 3. The first-order valence-electron chi connectivity index (χ1n) is 16.0. The highest BCUT2D eigenvalue weighted by Crippen LogP contribution is 2.16. The Balaban J connectivity index is 2.18. The molecule has 0 saturated carbocycles. The molecule has 0 bridgehead atoms. The Morgan fingerprint density at radius 2 is 1.03 bits per heavy atom.